The molecule has 0 aliphatic rings. The molecule has 1 aromatic carbocycles. The Morgan fingerprint density at radius 1 is 1.22 bits per heavy atom. The molecule has 0 saturated carbocycles. The number of benzene rings is 1. The third kappa shape index (κ3) is 3.92. The van der Waals surface area contributed by atoms with Crippen molar-refractivity contribution in [1.29, 1.82) is 0 Å². The average Bonchev–Trinajstić information content (AvgIpc) is 2.37. The molecule has 1 amide bonds. The Labute approximate surface area is 107 Å². The zero-order chi connectivity index (χ0) is 13.6. The highest BCUT2D eigenvalue weighted by Gasteiger charge is 2.27. The second kappa shape index (κ2) is 6.26. The molecule has 0 aromatic heterocycles. The molecule has 0 saturated heterocycles. The van der Waals surface area contributed by atoms with Crippen molar-refractivity contribution < 1.29 is 14.3 Å². The lowest BCUT2D eigenvalue weighted by molar-refractivity contribution is -0.130. The number of hydrogen-bond acceptors (Lipinski definition) is 4. The van der Waals surface area contributed by atoms with Crippen molar-refractivity contribution in [3.05, 3.63) is 24.3 Å². The summed E-state index contributed by atoms with van der Waals surface area (Å²) in [5.74, 6) is 6.34. The summed E-state index contributed by atoms with van der Waals surface area (Å²) in [6.45, 7) is 6.35. The van der Waals surface area contributed by atoms with Gasteiger partial charge in [0, 0.05) is 0 Å². The highest BCUT2D eigenvalue weighted by atomic mass is 16.5. The van der Waals surface area contributed by atoms with E-state index in [2.05, 4.69) is 5.43 Å². The van der Waals surface area contributed by atoms with Crippen molar-refractivity contribution in [1.82, 2.24) is 5.43 Å². The van der Waals surface area contributed by atoms with E-state index in [-0.39, 0.29) is 12.5 Å². The number of hydrogen-bond donors (Lipinski definition) is 2. The fourth-order valence-electron chi connectivity index (χ4n) is 1.32. The Kier molecular flexibility index (Phi) is 4.97. The highest BCUT2D eigenvalue weighted by molar-refractivity contribution is 5.81. The van der Waals surface area contributed by atoms with Crippen LogP contribution in [0.25, 0.3) is 0 Å². The minimum atomic E-state index is -0.673. The summed E-state index contributed by atoms with van der Waals surface area (Å²) in [7, 11) is 0. The van der Waals surface area contributed by atoms with Crippen molar-refractivity contribution in [2.75, 3.05) is 13.2 Å². The van der Waals surface area contributed by atoms with E-state index in [4.69, 9.17) is 15.3 Å². The summed E-state index contributed by atoms with van der Waals surface area (Å²) in [6, 6.07) is 7.27. The molecule has 5 nitrogen and oxygen atoms in total. The van der Waals surface area contributed by atoms with Crippen molar-refractivity contribution >= 4 is 5.91 Å². The first-order valence-corrected chi connectivity index (χ1v) is 5.86. The Morgan fingerprint density at radius 3 is 2.17 bits per heavy atom. The number of nitrogens with two attached hydrogens (primary N) is 1. The van der Waals surface area contributed by atoms with Crippen molar-refractivity contribution in [2.24, 2.45) is 11.3 Å². The fourth-order valence-corrected chi connectivity index (χ4v) is 1.32. The summed E-state index contributed by atoms with van der Waals surface area (Å²) in [5, 5.41) is 0. The van der Waals surface area contributed by atoms with Crippen LogP contribution in [-0.4, -0.2) is 19.1 Å². The Bertz CT molecular complexity index is 388. The maximum atomic E-state index is 11.5. The molecule has 100 valence electrons. The molecule has 0 aliphatic heterocycles. The van der Waals surface area contributed by atoms with Crippen LogP contribution in [0.5, 0.6) is 11.5 Å². The maximum absolute atomic E-state index is 11.5. The van der Waals surface area contributed by atoms with Gasteiger partial charge in [-0.25, -0.2) is 5.84 Å². The molecule has 0 radical (unpaired) electrons. The van der Waals surface area contributed by atoms with Gasteiger partial charge >= 0.3 is 0 Å². The van der Waals surface area contributed by atoms with Crippen LogP contribution in [0.1, 0.15) is 20.8 Å². The minimum absolute atomic E-state index is 0.254. The van der Waals surface area contributed by atoms with Crippen LogP contribution >= 0.6 is 0 Å². The number of rotatable bonds is 6. The van der Waals surface area contributed by atoms with Gasteiger partial charge in [-0.05, 0) is 45.0 Å². The van der Waals surface area contributed by atoms with Gasteiger partial charge in [0.15, 0.2) is 0 Å². The van der Waals surface area contributed by atoms with Crippen LogP contribution < -0.4 is 20.7 Å². The first-order valence-electron chi connectivity index (χ1n) is 5.86. The molecule has 0 spiro atoms. The summed E-state index contributed by atoms with van der Waals surface area (Å²) < 4.78 is 10.9. The van der Waals surface area contributed by atoms with Gasteiger partial charge in [0.1, 0.15) is 18.1 Å². The maximum Gasteiger partial charge on any atom is 0.242 e. The summed E-state index contributed by atoms with van der Waals surface area (Å²) >= 11 is 0. The molecule has 3 N–H and O–H groups in total. The monoisotopic (exact) mass is 252 g/mol. The van der Waals surface area contributed by atoms with Crippen LogP contribution in [0.2, 0.25) is 0 Å². The van der Waals surface area contributed by atoms with Gasteiger partial charge in [-0.2, -0.15) is 0 Å². The third-order valence-corrected chi connectivity index (χ3v) is 2.48. The smallest absolute Gasteiger partial charge is 0.242 e. The molecule has 18 heavy (non-hydrogen) atoms. The van der Waals surface area contributed by atoms with Gasteiger partial charge in [-0.3, -0.25) is 10.2 Å². The fraction of sp³-hybridized carbons (Fsp3) is 0.462. The van der Waals surface area contributed by atoms with Gasteiger partial charge < -0.3 is 9.47 Å². The molecule has 0 unspecified atom stereocenters. The predicted molar refractivity (Wildman–Crippen MR) is 69.2 cm³/mol. The van der Waals surface area contributed by atoms with Crippen molar-refractivity contribution in [3.8, 4) is 11.5 Å². The molecule has 0 atom stereocenters. The van der Waals surface area contributed by atoms with E-state index in [0.717, 1.165) is 5.75 Å². The lowest BCUT2D eigenvalue weighted by Crippen LogP contribution is -2.44. The summed E-state index contributed by atoms with van der Waals surface area (Å²) in [5.41, 5.74) is 1.46. The second-order valence-electron chi connectivity index (χ2n) is 4.55. The molecule has 1 aromatic rings. The number of carbonyl (C=O) groups is 1. The Hall–Kier alpha value is -1.75. The van der Waals surface area contributed by atoms with Gasteiger partial charge in [0.05, 0.1) is 12.0 Å². The van der Waals surface area contributed by atoms with Crippen molar-refractivity contribution in [3.63, 3.8) is 0 Å². The topological polar surface area (TPSA) is 73.6 Å². The van der Waals surface area contributed by atoms with Crippen molar-refractivity contribution in [2.45, 2.75) is 20.8 Å². The largest absolute Gasteiger partial charge is 0.494 e. The standard InChI is InChI=1S/C13H20N2O3/c1-4-17-10-5-7-11(8-6-10)18-9-13(2,3)12(16)15-14/h5-8H,4,9,14H2,1-3H3,(H,15,16). The molecular weight excluding hydrogens is 232 g/mol. The second-order valence-corrected chi connectivity index (χ2v) is 4.55. The van der Waals surface area contributed by atoms with E-state index < -0.39 is 5.41 Å². The summed E-state index contributed by atoms with van der Waals surface area (Å²) in [6.07, 6.45) is 0. The van der Waals surface area contributed by atoms with E-state index in [1.165, 1.54) is 0 Å². The van der Waals surface area contributed by atoms with E-state index in [1.54, 1.807) is 26.0 Å². The Morgan fingerprint density at radius 2 is 1.72 bits per heavy atom. The molecule has 0 aliphatic carbocycles. The van der Waals surface area contributed by atoms with E-state index >= 15 is 0 Å². The number of carbonyl (C=O) groups excluding carboxylic acids is 1. The third-order valence-electron chi connectivity index (χ3n) is 2.48. The first kappa shape index (κ1) is 14.3. The SMILES string of the molecule is CCOc1ccc(OCC(C)(C)C(=O)NN)cc1. The minimum Gasteiger partial charge on any atom is -0.494 e. The summed E-state index contributed by atoms with van der Waals surface area (Å²) in [4.78, 5) is 11.5. The lowest BCUT2D eigenvalue weighted by atomic mass is 9.94. The zero-order valence-corrected chi connectivity index (χ0v) is 11.0. The van der Waals surface area contributed by atoms with Crippen LogP contribution in [0.4, 0.5) is 0 Å². The van der Waals surface area contributed by atoms with Gasteiger partial charge in [-0.1, -0.05) is 0 Å². The van der Waals surface area contributed by atoms with E-state index in [0.29, 0.717) is 12.4 Å². The molecule has 1 rings (SSSR count). The zero-order valence-electron chi connectivity index (χ0n) is 11.0. The van der Waals surface area contributed by atoms with Gasteiger partial charge in [0.25, 0.3) is 0 Å². The number of amides is 1. The van der Waals surface area contributed by atoms with Crippen LogP contribution in [-0.2, 0) is 4.79 Å². The van der Waals surface area contributed by atoms with E-state index in [1.807, 2.05) is 19.1 Å². The van der Waals surface area contributed by atoms with Crippen LogP contribution in [0, 0.1) is 5.41 Å². The van der Waals surface area contributed by atoms with Crippen LogP contribution in [0.3, 0.4) is 0 Å². The number of nitrogens with one attached hydrogen (secondary N) is 1. The Balaban J connectivity index is 2.55. The lowest BCUT2D eigenvalue weighted by Gasteiger charge is -2.22. The molecular formula is C13H20N2O3. The van der Waals surface area contributed by atoms with Crippen LogP contribution in [0.15, 0.2) is 24.3 Å². The highest BCUT2D eigenvalue weighted by Crippen LogP contribution is 2.21. The predicted octanol–water partition coefficient (Wildman–Crippen LogP) is 1.48. The molecule has 5 heteroatoms. The quantitative estimate of drug-likeness (QED) is 0.457. The first-order chi connectivity index (χ1) is 8.49. The molecule has 0 heterocycles. The number of ether oxygens (including phenoxy) is 2. The molecule has 0 bridgehead atoms. The molecule has 0 fully saturated rings. The average molecular weight is 252 g/mol. The van der Waals surface area contributed by atoms with E-state index in [9.17, 15) is 4.79 Å². The number of hydrazine groups is 1. The van der Waals surface area contributed by atoms with Gasteiger partial charge in [-0.15, -0.1) is 0 Å². The van der Waals surface area contributed by atoms with Gasteiger partial charge in [0.2, 0.25) is 5.91 Å². The normalized spacial score (nSPS) is 10.9.